The summed E-state index contributed by atoms with van der Waals surface area (Å²) in [6.45, 7) is 5.99. The quantitative estimate of drug-likeness (QED) is 0.621. The van der Waals surface area contributed by atoms with Crippen molar-refractivity contribution in [3.8, 4) is 11.3 Å². The molecule has 1 atom stereocenters. The zero-order valence-electron chi connectivity index (χ0n) is 15.3. The largest absolute Gasteiger partial charge is 0.376 e. The molecule has 0 N–H and O–H groups in total. The number of benzene rings is 2. The van der Waals surface area contributed by atoms with Gasteiger partial charge in [0.05, 0.1) is 24.0 Å². The molecule has 0 bridgehead atoms. The molecule has 0 spiro atoms. The molecule has 26 heavy (non-hydrogen) atoms. The smallest absolute Gasteiger partial charge is 0.190 e. The Morgan fingerprint density at radius 3 is 2.54 bits per heavy atom. The number of aryl methyl sites for hydroxylation is 2. The van der Waals surface area contributed by atoms with Crippen LogP contribution in [0.25, 0.3) is 11.3 Å². The molecule has 2 aromatic carbocycles. The van der Waals surface area contributed by atoms with Crippen LogP contribution in [-0.4, -0.2) is 17.3 Å². The Kier molecular flexibility index (Phi) is 5.05. The third-order valence-electron chi connectivity index (χ3n) is 4.92. The maximum absolute atomic E-state index is 5.91. The molecule has 1 aromatic heterocycles. The predicted molar refractivity (Wildman–Crippen MR) is 108 cm³/mol. The minimum Gasteiger partial charge on any atom is -0.376 e. The molecule has 0 radical (unpaired) electrons. The second kappa shape index (κ2) is 7.60. The van der Waals surface area contributed by atoms with Gasteiger partial charge in [0.15, 0.2) is 4.80 Å². The molecule has 0 amide bonds. The van der Waals surface area contributed by atoms with Gasteiger partial charge in [0, 0.05) is 12.0 Å². The first-order valence-corrected chi connectivity index (χ1v) is 10.1. The van der Waals surface area contributed by atoms with Crippen molar-refractivity contribution >= 4 is 17.0 Å². The van der Waals surface area contributed by atoms with Crippen molar-refractivity contribution < 1.29 is 4.74 Å². The summed E-state index contributed by atoms with van der Waals surface area (Å²) >= 11 is 1.71. The zero-order chi connectivity index (χ0) is 17.9. The Balaban J connectivity index is 1.84. The molecule has 0 saturated carbocycles. The Morgan fingerprint density at radius 1 is 1.08 bits per heavy atom. The Hall–Kier alpha value is -2.17. The highest BCUT2D eigenvalue weighted by Crippen LogP contribution is 2.25. The molecule has 1 fully saturated rings. The minimum absolute atomic E-state index is 0.281. The summed E-state index contributed by atoms with van der Waals surface area (Å²) in [6.07, 6.45) is 2.56. The molecule has 3 aromatic rings. The highest BCUT2D eigenvalue weighted by atomic mass is 32.1. The third-order valence-corrected chi connectivity index (χ3v) is 5.79. The summed E-state index contributed by atoms with van der Waals surface area (Å²) in [5.74, 6) is 0. The molecule has 2 heterocycles. The van der Waals surface area contributed by atoms with Crippen molar-refractivity contribution in [2.45, 2.75) is 39.3 Å². The standard InChI is InChI=1S/C22H24N2OS/c1-16-8-6-9-17(2)21(16)23-22-24(14-19-12-7-13-25-19)20(15-26-22)18-10-4-3-5-11-18/h3-6,8-11,15,19H,7,12-14H2,1-2H3. The van der Waals surface area contributed by atoms with E-state index in [2.05, 4.69) is 72.3 Å². The average molecular weight is 365 g/mol. The van der Waals surface area contributed by atoms with Crippen LogP contribution in [0.3, 0.4) is 0 Å². The third kappa shape index (κ3) is 3.53. The fourth-order valence-electron chi connectivity index (χ4n) is 3.50. The predicted octanol–water partition coefficient (Wildman–Crippen LogP) is 5.24. The van der Waals surface area contributed by atoms with Crippen LogP contribution < -0.4 is 4.80 Å². The van der Waals surface area contributed by atoms with Crippen molar-refractivity contribution in [3.05, 3.63) is 69.8 Å². The van der Waals surface area contributed by atoms with Crippen LogP contribution in [0.4, 0.5) is 5.69 Å². The summed E-state index contributed by atoms with van der Waals surface area (Å²) in [5, 5.41) is 2.22. The van der Waals surface area contributed by atoms with E-state index in [1.165, 1.54) is 22.4 Å². The van der Waals surface area contributed by atoms with E-state index in [4.69, 9.17) is 9.73 Å². The second-order valence-corrected chi connectivity index (χ2v) is 7.70. The lowest BCUT2D eigenvalue weighted by Gasteiger charge is -2.14. The van der Waals surface area contributed by atoms with Crippen LogP contribution in [-0.2, 0) is 11.3 Å². The first kappa shape index (κ1) is 17.3. The van der Waals surface area contributed by atoms with Crippen LogP contribution in [0.2, 0.25) is 0 Å². The van der Waals surface area contributed by atoms with Gasteiger partial charge in [-0.3, -0.25) is 0 Å². The topological polar surface area (TPSA) is 26.5 Å². The van der Waals surface area contributed by atoms with E-state index in [0.29, 0.717) is 0 Å². The van der Waals surface area contributed by atoms with E-state index in [-0.39, 0.29) is 6.10 Å². The van der Waals surface area contributed by atoms with Crippen LogP contribution in [0, 0.1) is 13.8 Å². The summed E-state index contributed by atoms with van der Waals surface area (Å²) in [6, 6.07) is 16.9. The van der Waals surface area contributed by atoms with Crippen LogP contribution >= 0.6 is 11.3 Å². The Morgan fingerprint density at radius 2 is 1.85 bits per heavy atom. The molecule has 3 nitrogen and oxygen atoms in total. The summed E-state index contributed by atoms with van der Waals surface area (Å²) < 4.78 is 8.25. The first-order valence-electron chi connectivity index (χ1n) is 9.18. The Labute approximate surface area is 158 Å². The number of hydrogen-bond donors (Lipinski definition) is 0. The molecule has 134 valence electrons. The fourth-order valence-corrected chi connectivity index (χ4v) is 4.43. The average Bonchev–Trinajstić information content (AvgIpc) is 3.30. The van der Waals surface area contributed by atoms with Gasteiger partial charge >= 0.3 is 0 Å². The van der Waals surface area contributed by atoms with Gasteiger partial charge in [-0.2, -0.15) is 0 Å². The molecule has 1 aliphatic heterocycles. The van der Waals surface area contributed by atoms with E-state index in [1.807, 2.05) is 0 Å². The molecule has 1 aliphatic rings. The number of aromatic nitrogens is 1. The lowest BCUT2D eigenvalue weighted by Crippen LogP contribution is -2.24. The lowest BCUT2D eigenvalue weighted by atomic mass is 10.1. The maximum atomic E-state index is 5.91. The minimum atomic E-state index is 0.281. The number of para-hydroxylation sites is 1. The number of hydrogen-bond acceptors (Lipinski definition) is 3. The van der Waals surface area contributed by atoms with Crippen LogP contribution in [0.5, 0.6) is 0 Å². The second-order valence-electron chi connectivity index (χ2n) is 6.87. The van der Waals surface area contributed by atoms with Crippen molar-refractivity contribution in [2.75, 3.05) is 6.61 Å². The van der Waals surface area contributed by atoms with Gasteiger partial charge in [0.2, 0.25) is 0 Å². The summed E-state index contributed by atoms with van der Waals surface area (Å²) in [7, 11) is 0. The number of nitrogens with zero attached hydrogens (tertiary/aromatic N) is 2. The van der Waals surface area contributed by atoms with Crippen LogP contribution in [0.1, 0.15) is 24.0 Å². The Bertz CT molecular complexity index is 930. The van der Waals surface area contributed by atoms with E-state index in [9.17, 15) is 0 Å². The first-order chi connectivity index (χ1) is 12.7. The van der Waals surface area contributed by atoms with Gasteiger partial charge < -0.3 is 9.30 Å². The molecule has 4 heteroatoms. The molecular weight excluding hydrogens is 340 g/mol. The van der Waals surface area contributed by atoms with E-state index < -0.39 is 0 Å². The van der Waals surface area contributed by atoms with E-state index in [0.717, 1.165) is 36.5 Å². The van der Waals surface area contributed by atoms with Crippen molar-refractivity contribution in [3.63, 3.8) is 0 Å². The molecule has 4 rings (SSSR count). The molecule has 0 aliphatic carbocycles. The maximum Gasteiger partial charge on any atom is 0.190 e. The van der Waals surface area contributed by atoms with E-state index >= 15 is 0 Å². The van der Waals surface area contributed by atoms with Crippen molar-refractivity contribution in [2.24, 2.45) is 4.99 Å². The van der Waals surface area contributed by atoms with Gasteiger partial charge in [-0.05, 0) is 43.4 Å². The number of ether oxygens (including phenoxy) is 1. The normalized spacial score (nSPS) is 17.8. The van der Waals surface area contributed by atoms with Gasteiger partial charge in [0.1, 0.15) is 0 Å². The van der Waals surface area contributed by atoms with Crippen LogP contribution in [0.15, 0.2) is 58.9 Å². The monoisotopic (exact) mass is 364 g/mol. The SMILES string of the molecule is Cc1cccc(C)c1N=c1scc(-c2ccccc2)n1CC1CCCO1. The van der Waals surface area contributed by atoms with Gasteiger partial charge in [-0.15, -0.1) is 11.3 Å². The number of rotatable bonds is 4. The van der Waals surface area contributed by atoms with Crippen molar-refractivity contribution in [1.82, 2.24) is 4.57 Å². The zero-order valence-corrected chi connectivity index (χ0v) is 16.1. The summed E-state index contributed by atoms with van der Waals surface area (Å²) in [4.78, 5) is 6.09. The van der Waals surface area contributed by atoms with E-state index in [1.54, 1.807) is 11.3 Å². The molecule has 1 unspecified atom stereocenters. The van der Waals surface area contributed by atoms with Crippen molar-refractivity contribution in [1.29, 1.82) is 0 Å². The fraction of sp³-hybridized carbons (Fsp3) is 0.318. The number of thiazole rings is 1. The van der Waals surface area contributed by atoms with Gasteiger partial charge in [0.25, 0.3) is 0 Å². The summed E-state index contributed by atoms with van der Waals surface area (Å²) in [5.41, 5.74) is 5.95. The highest BCUT2D eigenvalue weighted by Gasteiger charge is 2.19. The molecule has 1 saturated heterocycles. The molecular formula is C22H24N2OS. The van der Waals surface area contributed by atoms with Gasteiger partial charge in [-0.1, -0.05) is 48.5 Å². The van der Waals surface area contributed by atoms with Gasteiger partial charge in [-0.25, -0.2) is 4.99 Å². The highest BCUT2D eigenvalue weighted by molar-refractivity contribution is 7.07. The lowest BCUT2D eigenvalue weighted by molar-refractivity contribution is 0.0968.